The molecule has 4 fully saturated rings. The monoisotopic (exact) mass is 263 g/mol. The number of nitrogens with zero attached hydrogens (tertiary/aromatic N) is 1. The molecule has 0 spiro atoms. The number of amides is 1. The standard InChI is InChI=1S/C17H29NO/c1-5-18(6-2)14(19)17-9-13-7-15(3,11-17)10-16(4,8-13)12-17/h13H,5-12H2,1-4H3/t13?,15-,16-,17?/m1/s1. The number of rotatable bonds is 3. The lowest BCUT2D eigenvalue weighted by Crippen LogP contribution is -2.60. The Bertz CT molecular complexity index is 380. The zero-order chi connectivity index (χ0) is 13.9. The zero-order valence-electron chi connectivity index (χ0n) is 13.1. The molecule has 0 N–H and O–H groups in total. The van der Waals surface area contributed by atoms with Crippen molar-refractivity contribution in [2.24, 2.45) is 22.2 Å². The van der Waals surface area contributed by atoms with E-state index in [4.69, 9.17) is 0 Å². The fraction of sp³-hybridized carbons (Fsp3) is 0.941. The average Bonchev–Trinajstić information content (AvgIpc) is 2.25. The SMILES string of the molecule is CCN(CC)C(=O)C12CC3C[C@@](C)(C1)C[C@@](C)(C3)C2. The van der Waals surface area contributed by atoms with Crippen LogP contribution in [0.15, 0.2) is 0 Å². The molecule has 4 rings (SSSR count). The first-order chi connectivity index (χ1) is 8.84. The van der Waals surface area contributed by atoms with Crippen molar-refractivity contribution < 1.29 is 4.79 Å². The fourth-order valence-corrected chi connectivity index (χ4v) is 6.53. The molecule has 4 aliphatic carbocycles. The summed E-state index contributed by atoms with van der Waals surface area (Å²) in [4.78, 5) is 15.2. The maximum atomic E-state index is 13.1. The van der Waals surface area contributed by atoms with Gasteiger partial charge in [-0.25, -0.2) is 0 Å². The van der Waals surface area contributed by atoms with E-state index < -0.39 is 0 Å². The van der Waals surface area contributed by atoms with Gasteiger partial charge < -0.3 is 4.90 Å². The normalized spacial score (nSPS) is 47.5. The predicted molar refractivity (Wildman–Crippen MR) is 77.8 cm³/mol. The minimum Gasteiger partial charge on any atom is -0.343 e. The Labute approximate surface area is 117 Å². The summed E-state index contributed by atoms with van der Waals surface area (Å²) in [6, 6.07) is 0. The second-order valence-electron chi connectivity index (χ2n) is 8.39. The lowest BCUT2D eigenvalue weighted by Gasteiger charge is -2.65. The van der Waals surface area contributed by atoms with Gasteiger partial charge in [0.15, 0.2) is 0 Å². The molecule has 2 atom stereocenters. The van der Waals surface area contributed by atoms with Gasteiger partial charge in [0.2, 0.25) is 5.91 Å². The summed E-state index contributed by atoms with van der Waals surface area (Å²) in [6.07, 6.45) is 7.58. The van der Waals surface area contributed by atoms with E-state index in [0.717, 1.165) is 31.8 Å². The van der Waals surface area contributed by atoms with Crippen LogP contribution in [0.5, 0.6) is 0 Å². The Balaban J connectivity index is 1.94. The van der Waals surface area contributed by atoms with E-state index in [1.807, 2.05) is 0 Å². The smallest absolute Gasteiger partial charge is 0.228 e. The molecule has 4 bridgehead atoms. The highest BCUT2D eigenvalue weighted by molar-refractivity contribution is 5.83. The van der Waals surface area contributed by atoms with Crippen molar-refractivity contribution in [1.82, 2.24) is 4.90 Å². The third-order valence-corrected chi connectivity index (χ3v) is 6.13. The van der Waals surface area contributed by atoms with Gasteiger partial charge in [0.25, 0.3) is 0 Å². The zero-order valence-corrected chi connectivity index (χ0v) is 13.1. The molecule has 0 aromatic carbocycles. The highest BCUT2D eigenvalue weighted by atomic mass is 16.2. The van der Waals surface area contributed by atoms with Crippen molar-refractivity contribution in [3.05, 3.63) is 0 Å². The molecule has 2 heteroatoms. The van der Waals surface area contributed by atoms with Gasteiger partial charge in [-0.15, -0.1) is 0 Å². The van der Waals surface area contributed by atoms with Crippen molar-refractivity contribution in [2.75, 3.05) is 13.1 Å². The van der Waals surface area contributed by atoms with Gasteiger partial charge >= 0.3 is 0 Å². The van der Waals surface area contributed by atoms with E-state index in [1.54, 1.807) is 0 Å². The maximum Gasteiger partial charge on any atom is 0.228 e. The van der Waals surface area contributed by atoms with Crippen LogP contribution in [0.4, 0.5) is 0 Å². The number of carbonyl (C=O) groups is 1. The van der Waals surface area contributed by atoms with Crippen molar-refractivity contribution in [3.8, 4) is 0 Å². The molecule has 108 valence electrons. The lowest BCUT2D eigenvalue weighted by atomic mass is 9.40. The van der Waals surface area contributed by atoms with Crippen molar-refractivity contribution in [2.45, 2.75) is 66.2 Å². The van der Waals surface area contributed by atoms with E-state index in [9.17, 15) is 4.79 Å². The molecule has 0 aromatic heterocycles. The van der Waals surface area contributed by atoms with Gasteiger partial charge in [-0.2, -0.15) is 0 Å². The minimum atomic E-state index is -0.00502. The highest BCUT2D eigenvalue weighted by Crippen LogP contribution is 2.69. The first-order valence-corrected chi connectivity index (χ1v) is 8.13. The van der Waals surface area contributed by atoms with Crippen molar-refractivity contribution in [1.29, 1.82) is 0 Å². The summed E-state index contributed by atoms with van der Waals surface area (Å²) < 4.78 is 0. The van der Waals surface area contributed by atoms with Crippen LogP contribution in [0.2, 0.25) is 0 Å². The predicted octanol–water partition coefficient (Wildman–Crippen LogP) is 3.85. The average molecular weight is 263 g/mol. The number of carbonyl (C=O) groups excluding carboxylic acids is 1. The van der Waals surface area contributed by atoms with Crippen LogP contribution in [0.3, 0.4) is 0 Å². The Morgan fingerprint density at radius 3 is 1.95 bits per heavy atom. The van der Waals surface area contributed by atoms with Gasteiger partial charge in [-0.3, -0.25) is 4.79 Å². The Kier molecular flexibility index (Phi) is 2.82. The first-order valence-electron chi connectivity index (χ1n) is 8.13. The third-order valence-electron chi connectivity index (χ3n) is 6.13. The molecule has 1 amide bonds. The number of hydrogen-bond acceptors (Lipinski definition) is 1. The topological polar surface area (TPSA) is 20.3 Å². The van der Waals surface area contributed by atoms with Crippen LogP contribution >= 0.6 is 0 Å². The van der Waals surface area contributed by atoms with E-state index in [2.05, 4.69) is 32.6 Å². The fourth-order valence-electron chi connectivity index (χ4n) is 6.53. The molecule has 0 heterocycles. The van der Waals surface area contributed by atoms with E-state index >= 15 is 0 Å². The molecule has 0 aliphatic heterocycles. The lowest BCUT2D eigenvalue weighted by molar-refractivity contribution is -0.179. The van der Waals surface area contributed by atoms with E-state index in [-0.39, 0.29) is 5.41 Å². The Morgan fingerprint density at radius 1 is 1.00 bits per heavy atom. The van der Waals surface area contributed by atoms with Crippen LogP contribution in [0, 0.1) is 22.2 Å². The number of hydrogen-bond donors (Lipinski definition) is 0. The van der Waals surface area contributed by atoms with Gasteiger partial charge in [-0.05, 0) is 69.1 Å². The van der Waals surface area contributed by atoms with E-state index in [1.165, 1.54) is 25.7 Å². The molecule has 0 unspecified atom stereocenters. The molecule has 0 aromatic rings. The molecule has 2 nitrogen and oxygen atoms in total. The van der Waals surface area contributed by atoms with Gasteiger partial charge in [0.05, 0.1) is 5.41 Å². The molecule has 4 aliphatic rings. The van der Waals surface area contributed by atoms with Gasteiger partial charge in [-0.1, -0.05) is 13.8 Å². The molecule has 19 heavy (non-hydrogen) atoms. The van der Waals surface area contributed by atoms with Gasteiger partial charge in [0, 0.05) is 13.1 Å². The highest BCUT2D eigenvalue weighted by Gasteiger charge is 2.63. The second-order valence-corrected chi connectivity index (χ2v) is 8.39. The summed E-state index contributed by atoms with van der Waals surface area (Å²) in [5, 5.41) is 0. The Hall–Kier alpha value is -0.530. The summed E-state index contributed by atoms with van der Waals surface area (Å²) in [5.41, 5.74) is 0.878. The van der Waals surface area contributed by atoms with Crippen LogP contribution in [0.25, 0.3) is 0 Å². The van der Waals surface area contributed by atoms with Crippen LogP contribution < -0.4 is 0 Å². The van der Waals surface area contributed by atoms with Crippen molar-refractivity contribution >= 4 is 5.91 Å². The summed E-state index contributed by atoms with van der Waals surface area (Å²) in [7, 11) is 0. The van der Waals surface area contributed by atoms with Crippen LogP contribution in [-0.2, 0) is 4.79 Å². The first kappa shape index (κ1) is 13.5. The summed E-state index contributed by atoms with van der Waals surface area (Å²) in [6.45, 7) is 10.9. The second kappa shape index (κ2) is 3.99. The van der Waals surface area contributed by atoms with Gasteiger partial charge in [0.1, 0.15) is 0 Å². The largest absolute Gasteiger partial charge is 0.343 e. The summed E-state index contributed by atoms with van der Waals surface area (Å²) >= 11 is 0. The summed E-state index contributed by atoms with van der Waals surface area (Å²) in [5.74, 6) is 1.28. The Morgan fingerprint density at radius 2 is 1.53 bits per heavy atom. The molecular formula is C17H29NO. The molecule has 0 radical (unpaired) electrons. The van der Waals surface area contributed by atoms with Crippen LogP contribution in [-0.4, -0.2) is 23.9 Å². The molecule has 0 saturated heterocycles. The van der Waals surface area contributed by atoms with E-state index in [0.29, 0.717) is 16.7 Å². The quantitative estimate of drug-likeness (QED) is 0.757. The van der Waals surface area contributed by atoms with Crippen LogP contribution in [0.1, 0.15) is 66.2 Å². The third kappa shape index (κ3) is 1.94. The minimum absolute atomic E-state index is 0.00502. The maximum absolute atomic E-state index is 13.1. The molecular weight excluding hydrogens is 234 g/mol. The van der Waals surface area contributed by atoms with Crippen molar-refractivity contribution in [3.63, 3.8) is 0 Å². The molecule has 4 saturated carbocycles.